The smallest absolute Gasteiger partial charge is 0.361 e. The van der Waals surface area contributed by atoms with Crippen LogP contribution in [0.15, 0.2) is 22.1 Å². The Morgan fingerprint density at radius 2 is 2.09 bits per heavy atom. The van der Waals surface area contributed by atoms with Gasteiger partial charge in [0.25, 0.3) is 0 Å². The maximum Gasteiger partial charge on any atom is 0.361 e. The molecule has 0 aromatic heterocycles. The SMILES string of the molecule is CC(C)(C)OC(=O)C1=CN=N1. The van der Waals surface area contributed by atoms with E-state index in [-0.39, 0.29) is 0 Å². The fraction of sp³-hybridized carbons (Fsp3) is 0.571. The van der Waals surface area contributed by atoms with Crippen LogP contribution in [0.1, 0.15) is 20.8 Å². The van der Waals surface area contributed by atoms with Crippen molar-refractivity contribution in [1.82, 2.24) is 0 Å². The van der Waals surface area contributed by atoms with Gasteiger partial charge in [0.1, 0.15) is 5.60 Å². The molecule has 0 atom stereocenters. The molecule has 1 heterocycles. The Morgan fingerprint density at radius 1 is 1.55 bits per heavy atom. The van der Waals surface area contributed by atoms with Crippen molar-refractivity contribution in [2.24, 2.45) is 10.2 Å². The highest BCUT2D eigenvalue weighted by atomic mass is 16.6. The summed E-state index contributed by atoms with van der Waals surface area (Å²) in [5.41, 5.74) is -0.164. The minimum Gasteiger partial charge on any atom is -0.455 e. The molecule has 0 spiro atoms. The molecule has 0 bridgehead atoms. The molecule has 4 heteroatoms. The van der Waals surface area contributed by atoms with Gasteiger partial charge in [-0.15, -0.1) is 5.11 Å². The molecule has 0 amide bonds. The van der Waals surface area contributed by atoms with Gasteiger partial charge in [-0.2, -0.15) is 5.11 Å². The Hall–Kier alpha value is -1.19. The summed E-state index contributed by atoms with van der Waals surface area (Å²) < 4.78 is 4.98. The van der Waals surface area contributed by atoms with E-state index in [0.29, 0.717) is 5.70 Å². The highest BCUT2D eigenvalue weighted by Crippen LogP contribution is 2.15. The second kappa shape index (κ2) is 2.45. The van der Waals surface area contributed by atoms with E-state index >= 15 is 0 Å². The van der Waals surface area contributed by atoms with Gasteiger partial charge in [0.05, 0.1) is 6.20 Å². The number of nitrogens with zero attached hydrogens (tertiary/aromatic N) is 2. The summed E-state index contributed by atoms with van der Waals surface area (Å²) in [6, 6.07) is 0. The Labute approximate surface area is 65.0 Å². The van der Waals surface area contributed by atoms with Crippen molar-refractivity contribution in [3.63, 3.8) is 0 Å². The van der Waals surface area contributed by atoms with Gasteiger partial charge >= 0.3 is 5.97 Å². The van der Waals surface area contributed by atoms with E-state index in [0.717, 1.165) is 0 Å². The summed E-state index contributed by atoms with van der Waals surface area (Å²) in [4.78, 5) is 11.0. The predicted molar refractivity (Wildman–Crippen MR) is 38.8 cm³/mol. The molecule has 1 aliphatic heterocycles. The first kappa shape index (κ1) is 7.91. The Morgan fingerprint density at radius 3 is 2.36 bits per heavy atom. The van der Waals surface area contributed by atoms with E-state index in [1.54, 1.807) is 20.8 Å². The quantitative estimate of drug-likeness (QED) is 0.539. The van der Waals surface area contributed by atoms with E-state index in [9.17, 15) is 4.79 Å². The molecule has 0 unspecified atom stereocenters. The van der Waals surface area contributed by atoms with Crippen LogP contribution in [-0.2, 0) is 9.53 Å². The van der Waals surface area contributed by atoms with Gasteiger partial charge in [0.15, 0.2) is 5.70 Å². The maximum absolute atomic E-state index is 11.0. The van der Waals surface area contributed by atoms with Crippen LogP contribution in [0.25, 0.3) is 0 Å². The van der Waals surface area contributed by atoms with Gasteiger partial charge in [-0.25, -0.2) is 4.79 Å². The molecule has 1 aliphatic rings. The zero-order valence-corrected chi connectivity index (χ0v) is 6.79. The third-order valence-corrected chi connectivity index (χ3v) is 0.954. The average molecular weight is 154 g/mol. The molecule has 0 radical (unpaired) electrons. The van der Waals surface area contributed by atoms with Crippen molar-refractivity contribution < 1.29 is 9.53 Å². The lowest BCUT2D eigenvalue weighted by Gasteiger charge is -2.19. The molecular formula is C7H10N2O2. The predicted octanol–water partition coefficient (Wildman–Crippen LogP) is 1.64. The lowest BCUT2D eigenvalue weighted by Crippen LogP contribution is -2.25. The number of azo groups is 1. The third-order valence-electron chi connectivity index (χ3n) is 0.954. The first-order valence-corrected chi connectivity index (χ1v) is 3.33. The van der Waals surface area contributed by atoms with E-state index in [4.69, 9.17) is 4.74 Å². The van der Waals surface area contributed by atoms with Crippen LogP contribution in [0.2, 0.25) is 0 Å². The largest absolute Gasteiger partial charge is 0.455 e. The zero-order chi connectivity index (χ0) is 8.48. The molecule has 0 fully saturated rings. The first-order chi connectivity index (χ1) is 4.99. The van der Waals surface area contributed by atoms with Crippen LogP contribution in [0.3, 0.4) is 0 Å². The molecule has 0 aliphatic carbocycles. The summed E-state index contributed by atoms with van der Waals surface area (Å²) in [7, 11) is 0. The minimum absolute atomic E-state index is 0.292. The molecule has 0 aromatic carbocycles. The fourth-order valence-electron chi connectivity index (χ4n) is 0.539. The van der Waals surface area contributed by atoms with E-state index < -0.39 is 11.6 Å². The van der Waals surface area contributed by atoms with Gasteiger partial charge in [-0.05, 0) is 20.8 Å². The number of hydrogen-bond donors (Lipinski definition) is 0. The van der Waals surface area contributed by atoms with Crippen LogP contribution in [0.5, 0.6) is 0 Å². The second-order valence-corrected chi connectivity index (χ2v) is 3.23. The number of hydrogen-bond acceptors (Lipinski definition) is 4. The molecular weight excluding hydrogens is 144 g/mol. The fourth-order valence-corrected chi connectivity index (χ4v) is 0.539. The lowest BCUT2D eigenvalue weighted by atomic mass is 10.2. The minimum atomic E-state index is -0.455. The highest BCUT2D eigenvalue weighted by Gasteiger charge is 2.21. The molecule has 60 valence electrons. The van der Waals surface area contributed by atoms with Gasteiger partial charge in [-0.1, -0.05) is 0 Å². The molecule has 0 saturated heterocycles. The van der Waals surface area contributed by atoms with Crippen LogP contribution in [0.4, 0.5) is 0 Å². The van der Waals surface area contributed by atoms with Crippen molar-refractivity contribution in [3.05, 3.63) is 11.9 Å². The lowest BCUT2D eigenvalue weighted by molar-refractivity contribution is -0.150. The number of carbonyl (C=O) groups is 1. The second-order valence-electron chi connectivity index (χ2n) is 3.23. The van der Waals surface area contributed by atoms with E-state index in [1.165, 1.54) is 6.20 Å². The molecule has 0 aromatic rings. The zero-order valence-electron chi connectivity index (χ0n) is 6.79. The number of ether oxygens (including phenoxy) is 1. The standard InChI is InChI=1S/C7H10N2O2/c1-7(2,3)11-6(10)5-4-8-9-5/h4H,1-3H3. The summed E-state index contributed by atoms with van der Waals surface area (Å²) in [6.07, 6.45) is 1.38. The van der Waals surface area contributed by atoms with Gasteiger partial charge in [0, 0.05) is 0 Å². The average Bonchev–Trinajstić information content (AvgIpc) is 1.50. The van der Waals surface area contributed by atoms with Gasteiger partial charge < -0.3 is 4.74 Å². The summed E-state index contributed by atoms with van der Waals surface area (Å²) >= 11 is 0. The van der Waals surface area contributed by atoms with Gasteiger partial charge in [-0.3, -0.25) is 0 Å². The Balaban J connectivity index is 2.44. The van der Waals surface area contributed by atoms with Crippen molar-refractivity contribution in [2.45, 2.75) is 26.4 Å². The molecule has 11 heavy (non-hydrogen) atoms. The van der Waals surface area contributed by atoms with E-state index in [1.807, 2.05) is 0 Å². The maximum atomic E-state index is 11.0. The number of carbonyl (C=O) groups excluding carboxylic acids is 1. The Bertz CT molecular complexity index is 235. The Kier molecular flexibility index (Phi) is 1.76. The van der Waals surface area contributed by atoms with Crippen LogP contribution >= 0.6 is 0 Å². The molecule has 4 nitrogen and oxygen atoms in total. The monoisotopic (exact) mass is 154 g/mol. The van der Waals surface area contributed by atoms with Crippen molar-refractivity contribution in [2.75, 3.05) is 0 Å². The molecule has 1 rings (SSSR count). The van der Waals surface area contributed by atoms with Crippen LogP contribution < -0.4 is 0 Å². The van der Waals surface area contributed by atoms with E-state index in [2.05, 4.69) is 10.2 Å². The van der Waals surface area contributed by atoms with Crippen LogP contribution in [0, 0.1) is 0 Å². The number of rotatable bonds is 1. The normalized spacial score (nSPS) is 15.4. The summed E-state index contributed by atoms with van der Waals surface area (Å²) in [5.74, 6) is -0.410. The molecule has 0 saturated carbocycles. The van der Waals surface area contributed by atoms with Crippen molar-refractivity contribution in [1.29, 1.82) is 0 Å². The third kappa shape index (κ3) is 2.14. The topological polar surface area (TPSA) is 51.0 Å². The summed E-state index contributed by atoms with van der Waals surface area (Å²) in [5, 5.41) is 6.88. The summed E-state index contributed by atoms with van der Waals surface area (Å²) in [6.45, 7) is 5.42. The van der Waals surface area contributed by atoms with Crippen LogP contribution in [-0.4, -0.2) is 11.6 Å². The number of esters is 1. The highest BCUT2D eigenvalue weighted by molar-refractivity contribution is 5.88. The van der Waals surface area contributed by atoms with Gasteiger partial charge in [0.2, 0.25) is 0 Å². The first-order valence-electron chi connectivity index (χ1n) is 3.33. The van der Waals surface area contributed by atoms with Crippen molar-refractivity contribution >= 4 is 5.97 Å². The molecule has 0 N–H and O–H groups in total. The van der Waals surface area contributed by atoms with Crippen molar-refractivity contribution in [3.8, 4) is 0 Å².